The molecule has 0 saturated carbocycles. The van der Waals surface area contributed by atoms with E-state index in [9.17, 15) is 27.6 Å². The Morgan fingerprint density at radius 1 is 1.02 bits per heavy atom. The number of alkyl halides is 3. The molecule has 3 fully saturated rings. The van der Waals surface area contributed by atoms with Crippen LogP contribution in [-0.4, -0.2) is 76.8 Å². The van der Waals surface area contributed by atoms with Crippen molar-refractivity contribution >= 4 is 23.5 Å². The third kappa shape index (κ3) is 6.98. The summed E-state index contributed by atoms with van der Waals surface area (Å²) >= 11 is 0. The molecule has 4 aromatic rings. The number of morpholine rings is 1. The zero-order valence-corrected chi connectivity index (χ0v) is 28.6. The Balaban J connectivity index is 1.18. The van der Waals surface area contributed by atoms with Crippen molar-refractivity contribution in [3.8, 4) is 5.69 Å². The molecular formula is C39H39F3N6O4. The molecule has 3 unspecified atom stereocenters. The Kier molecular flexibility index (Phi) is 9.73. The SMILES string of the molecule is C=C(CN1CC2CCC1CO2)C(=O)NCc1cccc([C@@H]2c3cnn(-c4ccccc4)c3N(CC)C(=O)C2NC(=O)c2cccc(C(F)(F)F)c2)c1. The van der Waals surface area contributed by atoms with E-state index in [4.69, 9.17) is 4.74 Å². The molecule has 13 heteroatoms. The highest BCUT2D eigenvalue weighted by Gasteiger charge is 2.44. The van der Waals surface area contributed by atoms with Crippen LogP contribution in [0.25, 0.3) is 5.69 Å². The zero-order valence-electron chi connectivity index (χ0n) is 28.6. The minimum absolute atomic E-state index is 0.181. The lowest BCUT2D eigenvalue weighted by molar-refractivity contribution is -0.137. The van der Waals surface area contributed by atoms with Gasteiger partial charge in [0.25, 0.3) is 11.8 Å². The molecule has 4 aliphatic heterocycles. The van der Waals surface area contributed by atoms with Gasteiger partial charge in [-0.2, -0.15) is 18.3 Å². The lowest BCUT2D eigenvalue weighted by Crippen LogP contribution is -2.55. The van der Waals surface area contributed by atoms with Crippen molar-refractivity contribution in [2.75, 3.05) is 31.1 Å². The lowest BCUT2D eigenvalue weighted by Gasteiger charge is -2.45. The number of rotatable bonds is 10. The molecule has 0 spiro atoms. The molecule has 4 aliphatic rings. The number of piperidine rings is 1. The second-order valence-electron chi connectivity index (χ2n) is 13.4. The monoisotopic (exact) mass is 712 g/mol. The van der Waals surface area contributed by atoms with E-state index in [0.29, 0.717) is 35.7 Å². The number of aromatic nitrogens is 2. The number of benzene rings is 3. The van der Waals surface area contributed by atoms with Crippen LogP contribution in [0.15, 0.2) is 97.2 Å². The van der Waals surface area contributed by atoms with E-state index < -0.39 is 35.5 Å². The molecule has 10 nitrogen and oxygen atoms in total. The summed E-state index contributed by atoms with van der Waals surface area (Å²) in [4.78, 5) is 44.9. The third-order valence-corrected chi connectivity index (χ3v) is 10.1. The molecule has 3 aromatic carbocycles. The van der Waals surface area contributed by atoms with Crippen molar-refractivity contribution < 1.29 is 32.3 Å². The Bertz CT molecular complexity index is 1990. The van der Waals surface area contributed by atoms with Crippen molar-refractivity contribution in [3.63, 3.8) is 0 Å². The predicted molar refractivity (Wildman–Crippen MR) is 188 cm³/mol. The quantitative estimate of drug-likeness (QED) is 0.219. The normalized spacial score (nSPS) is 21.5. The number of carbonyl (C=O) groups is 3. The van der Waals surface area contributed by atoms with Gasteiger partial charge in [0.05, 0.1) is 30.2 Å². The number of amides is 3. The third-order valence-electron chi connectivity index (χ3n) is 10.1. The van der Waals surface area contributed by atoms with Crippen LogP contribution in [0, 0.1) is 0 Å². The van der Waals surface area contributed by atoms with Gasteiger partial charge in [-0.15, -0.1) is 0 Å². The summed E-state index contributed by atoms with van der Waals surface area (Å²) in [7, 11) is 0. The molecule has 8 rings (SSSR count). The van der Waals surface area contributed by atoms with Gasteiger partial charge in [0.1, 0.15) is 11.9 Å². The van der Waals surface area contributed by atoms with Crippen LogP contribution in [0.1, 0.15) is 58.3 Å². The highest BCUT2D eigenvalue weighted by atomic mass is 19.4. The van der Waals surface area contributed by atoms with E-state index >= 15 is 0 Å². The van der Waals surface area contributed by atoms with Crippen LogP contribution in [0.4, 0.5) is 19.0 Å². The Hall–Kier alpha value is -5.27. The zero-order chi connectivity index (χ0) is 36.6. The number of anilines is 1. The number of halogens is 3. The number of carbonyl (C=O) groups excluding carboxylic acids is 3. The lowest BCUT2D eigenvalue weighted by atomic mass is 9.81. The van der Waals surface area contributed by atoms with Crippen LogP contribution in [-0.2, 0) is 27.0 Å². The molecule has 52 heavy (non-hydrogen) atoms. The van der Waals surface area contributed by atoms with E-state index in [1.165, 1.54) is 11.0 Å². The fourth-order valence-electron chi connectivity index (χ4n) is 7.43. The highest BCUT2D eigenvalue weighted by molar-refractivity contribution is 6.05. The standard InChI is InChI=1S/C39H39F3N6O4/c1-3-47-37-32(20-44-48(37)29-13-5-4-6-14-29)33(34(38(47)51)45-36(50)27-11-8-12-28(18-27)39(40,41)42)26-10-7-9-25(17-26)19-43-35(49)24(2)21-46-22-31-16-15-30(46)23-52-31/h4-14,17-18,20,30-31,33-34H,2-3,15-16,19,21-23H2,1H3,(H,43,49)(H,45,50)/t30?,31?,33-,34?/m1/s1. The molecule has 0 aliphatic carbocycles. The number of hydrogen-bond donors (Lipinski definition) is 2. The molecule has 3 amide bonds. The van der Waals surface area contributed by atoms with Crippen molar-refractivity contribution in [3.05, 3.63) is 125 Å². The summed E-state index contributed by atoms with van der Waals surface area (Å²) in [6.45, 7) is 8.17. The number of ether oxygens (including phenoxy) is 1. The summed E-state index contributed by atoms with van der Waals surface area (Å²) in [5, 5.41) is 10.4. The van der Waals surface area contributed by atoms with Crippen LogP contribution in [0.3, 0.4) is 0 Å². The van der Waals surface area contributed by atoms with Crippen LogP contribution >= 0.6 is 0 Å². The number of nitrogens with zero attached hydrogens (tertiary/aromatic N) is 4. The van der Waals surface area contributed by atoms with Gasteiger partial charge in [0.2, 0.25) is 5.91 Å². The molecule has 0 radical (unpaired) electrons. The maximum Gasteiger partial charge on any atom is 0.416 e. The van der Waals surface area contributed by atoms with Crippen molar-refractivity contribution in [2.24, 2.45) is 0 Å². The molecule has 2 bridgehead atoms. The first kappa shape index (κ1) is 35.1. The van der Waals surface area contributed by atoms with Crippen LogP contribution < -0.4 is 15.5 Å². The smallest absolute Gasteiger partial charge is 0.375 e. The van der Waals surface area contributed by atoms with E-state index in [1.54, 1.807) is 23.9 Å². The second-order valence-corrected chi connectivity index (χ2v) is 13.4. The van der Waals surface area contributed by atoms with Gasteiger partial charge in [0, 0.05) is 54.8 Å². The molecule has 5 heterocycles. The van der Waals surface area contributed by atoms with Gasteiger partial charge in [-0.3, -0.25) is 24.2 Å². The topological polar surface area (TPSA) is 109 Å². The molecule has 270 valence electrons. The Morgan fingerprint density at radius 3 is 2.50 bits per heavy atom. The van der Waals surface area contributed by atoms with Crippen molar-refractivity contribution in [2.45, 2.75) is 56.6 Å². The maximum atomic E-state index is 14.4. The number of fused-ring (bicyclic) bond motifs is 4. The maximum absolute atomic E-state index is 14.4. The van der Waals surface area contributed by atoms with Crippen LogP contribution in [0.2, 0.25) is 0 Å². The van der Waals surface area contributed by atoms with Gasteiger partial charge in [-0.05, 0) is 61.2 Å². The molecule has 2 N–H and O–H groups in total. The van der Waals surface area contributed by atoms with E-state index in [1.807, 2.05) is 48.5 Å². The number of para-hydroxylation sites is 1. The highest BCUT2D eigenvalue weighted by Crippen LogP contribution is 2.42. The summed E-state index contributed by atoms with van der Waals surface area (Å²) in [6.07, 6.45) is -0.728. The van der Waals surface area contributed by atoms with E-state index in [0.717, 1.165) is 48.8 Å². The van der Waals surface area contributed by atoms with Gasteiger partial charge < -0.3 is 15.4 Å². The Labute approximate surface area is 299 Å². The number of likely N-dealkylation sites (N-methyl/N-ethyl adjacent to an activating group) is 1. The Morgan fingerprint density at radius 2 is 1.81 bits per heavy atom. The molecule has 3 saturated heterocycles. The van der Waals surface area contributed by atoms with Crippen molar-refractivity contribution in [1.82, 2.24) is 25.3 Å². The average molecular weight is 713 g/mol. The number of nitrogens with one attached hydrogen (secondary N) is 2. The van der Waals surface area contributed by atoms with Gasteiger partial charge in [-0.1, -0.05) is 55.1 Å². The van der Waals surface area contributed by atoms with Gasteiger partial charge in [-0.25, -0.2) is 4.68 Å². The largest absolute Gasteiger partial charge is 0.416 e. The van der Waals surface area contributed by atoms with Gasteiger partial charge >= 0.3 is 6.18 Å². The minimum atomic E-state index is -4.65. The summed E-state index contributed by atoms with van der Waals surface area (Å²) < 4.78 is 48.1. The van der Waals surface area contributed by atoms with Gasteiger partial charge in [0.15, 0.2) is 0 Å². The first-order valence-corrected chi connectivity index (χ1v) is 17.3. The fourth-order valence-corrected chi connectivity index (χ4v) is 7.43. The second kappa shape index (κ2) is 14.4. The number of hydrogen-bond acceptors (Lipinski definition) is 6. The fraction of sp³-hybridized carbons (Fsp3) is 0.333. The first-order chi connectivity index (χ1) is 25.0. The predicted octanol–water partition coefficient (Wildman–Crippen LogP) is 5.22. The van der Waals surface area contributed by atoms with E-state index in [-0.39, 0.29) is 36.7 Å². The molecular weight excluding hydrogens is 673 g/mol. The minimum Gasteiger partial charge on any atom is -0.375 e. The summed E-state index contributed by atoms with van der Waals surface area (Å²) in [6, 6.07) is 19.9. The van der Waals surface area contributed by atoms with Crippen LogP contribution in [0.5, 0.6) is 0 Å². The first-order valence-electron chi connectivity index (χ1n) is 17.3. The molecule has 1 aromatic heterocycles. The summed E-state index contributed by atoms with van der Waals surface area (Å²) in [5.41, 5.74) is 2.03. The van der Waals surface area contributed by atoms with Crippen molar-refractivity contribution in [1.29, 1.82) is 0 Å². The summed E-state index contributed by atoms with van der Waals surface area (Å²) in [5.74, 6) is -1.76. The molecule has 4 atom stereocenters. The van der Waals surface area contributed by atoms with E-state index in [2.05, 4.69) is 27.2 Å². The average Bonchev–Trinajstić information content (AvgIpc) is 3.59.